The maximum absolute atomic E-state index is 11.2. The summed E-state index contributed by atoms with van der Waals surface area (Å²) < 4.78 is 0. The van der Waals surface area contributed by atoms with Crippen LogP contribution in [-0.4, -0.2) is 36.3 Å². The minimum Gasteiger partial charge on any atom is -0.358 e. The van der Waals surface area contributed by atoms with Crippen molar-refractivity contribution in [3.8, 4) is 0 Å². The third-order valence-electron chi connectivity index (χ3n) is 1.69. The first-order valence-corrected chi connectivity index (χ1v) is 4.12. The maximum atomic E-state index is 11.2. The Bertz CT molecular complexity index is 146. The summed E-state index contributed by atoms with van der Waals surface area (Å²) in [5, 5.41) is 12.6. The molecule has 0 radical (unpaired) electrons. The molecule has 0 heterocycles. The molecule has 0 aliphatic heterocycles. The molecule has 2 N–H and O–H groups in total. The van der Waals surface area contributed by atoms with E-state index in [0.29, 0.717) is 12.3 Å². The molecule has 72 valence electrons. The van der Waals surface area contributed by atoms with Crippen molar-refractivity contribution in [1.29, 1.82) is 0 Å². The summed E-state index contributed by atoms with van der Waals surface area (Å²) in [6.07, 6.45) is 0.659. The van der Waals surface area contributed by atoms with Gasteiger partial charge in [0.25, 0.3) is 0 Å². The van der Waals surface area contributed by atoms with E-state index in [0.717, 1.165) is 5.06 Å². The lowest BCUT2D eigenvalue weighted by molar-refractivity contribution is -0.148. The fourth-order valence-corrected chi connectivity index (χ4v) is 1.04. The SMILES string of the molecule is CNC(=O)[C@H](CC(C)C)N(C)O. The second-order valence-electron chi connectivity index (χ2n) is 3.33. The fourth-order valence-electron chi connectivity index (χ4n) is 1.04. The van der Waals surface area contributed by atoms with E-state index in [9.17, 15) is 4.79 Å². The number of hydrogen-bond donors (Lipinski definition) is 2. The highest BCUT2D eigenvalue weighted by atomic mass is 16.5. The zero-order chi connectivity index (χ0) is 9.72. The average Bonchev–Trinajstić information content (AvgIpc) is 1.98. The first-order chi connectivity index (χ1) is 5.49. The lowest BCUT2D eigenvalue weighted by Crippen LogP contribution is -2.43. The summed E-state index contributed by atoms with van der Waals surface area (Å²) in [7, 11) is 3.06. The van der Waals surface area contributed by atoms with Crippen LogP contribution >= 0.6 is 0 Å². The van der Waals surface area contributed by atoms with Gasteiger partial charge in [0.15, 0.2) is 0 Å². The molecule has 0 aliphatic carbocycles. The molecular formula is C8H18N2O2. The molecule has 0 rings (SSSR count). The van der Waals surface area contributed by atoms with Crippen LogP contribution in [0.3, 0.4) is 0 Å². The molecule has 0 fully saturated rings. The minimum absolute atomic E-state index is 0.145. The van der Waals surface area contributed by atoms with Gasteiger partial charge in [-0.3, -0.25) is 4.79 Å². The number of hydroxylamine groups is 2. The van der Waals surface area contributed by atoms with Gasteiger partial charge in [-0.2, -0.15) is 5.06 Å². The van der Waals surface area contributed by atoms with Crippen LogP contribution in [0.25, 0.3) is 0 Å². The van der Waals surface area contributed by atoms with Crippen LogP contribution in [0.1, 0.15) is 20.3 Å². The lowest BCUT2D eigenvalue weighted by Gasteiger charge is -2.22. The van der Waals surface area contributed by atoms with Crippen molar-refractivity contribution < 1.29 is 10.0 Å². The minimum atomic E-state index is -0.435. The van der Waals surface area contributed by atoms with Gasteiger partial charge in [-0.15, -0.1) is 0 Å². The van der Waals surface area contributed by atoms with Crippen LogP contribution < -0.4 is 5.32 Å². The molecule has 1 amide bonds. The molecule has 0 saturated carbocycles. The van der Waals surface area contributed by atoms with Crippen LogP contribution in [0.15, 0.2) is 0 Å². The summed E-state index contributed by atoms with van der Waals surface area (Å²) >= 11 is 0. The zero-order valence-electron chi connectivity index (χ0n) is 8.16. The standard InChI is InChI=1S/C8H18N2O2/c1-6(2)5-7(10(4)12)8(11)9-3/h6-7,12H,5H2,1-4H3,(H,9,11)/t7-/m0/s1. The van der Waals surface area contributed by atoms with E-state index in [4.69, 9.17) is 5.21 Å². The Morgan fingerprint density at radius 2 is 2.08 bits per heavy atom. The molecular weight excluding hydrogens is 156 g/mol. The van der Waals surface area contributed by atoms with E-state index in [1.54, 1.807) is 7.05 Å². The summed E-state index contributed by atoms with van der Waals surface area (Å²) in [5.74, 6) is 0.246. The van der Waals surface area contributed by atoms with Gasteiger partial charge >= 0.3 is 0 Å². The van der Waals surface area contributed by atoms with Crippen molar-refractivity contribution in [3.63, 3.8) is 0 Å². The number of carbonyl (C=O) groups is 1. The summed E-state index contributed by atoms with van der Waals surface area (Å²) in [4.78, 5) is 11.2. The van der Waals surface area contributed by atoms with Gasteiger partial charge in [0.05, 0.1) is 0 Å². The fraction of sp³-hybridized carbons (Fsp3) is 0.875. The number of amides is 1. The van der Waals surface area contributed by atoms with Crippen LogP contribution in [0.5, 0.6) is 0 Å². The summed E-state index contributed by atoms with van der Waals surface area (Å²) in [5.41, 5.74) is 0. The van der Waals surface area contributed by atoms with Crippen LogP contribution in [0.2, 0.25) is 0 Å². The van der Waals surface area contributed by atoms with Gasteiger partial charge in [0.2, 0.25) is 5.91 Å². The number of nitrogens with one attached hydrogen (secondary N) is 1. The summed E-state index contributed by atoms with van der Waals surface area (Å²) in [6, 6.07) is -0.435. The van der Waals surface area contributed by atoms with Gasteiger partial charge in [-0.05, 0) is 12.3 Å². The van der Waals surface area contributed by atoms with E-state index >= 15 is 0 Å². The Labute approximate surface area is 73.5 Å². The van der Waals surface area contributed by atoms with Crippen LogP contribution in [0.4, 0.5) is 0 Å². The second-order valence-corrected chi connectivity index (χ2v) is 3.33. The lowest BCUT2D eigenvalue weighted by atomic mass is 10.0. The van der Waals surface area contributed by atoms with Crippen molar-refractivity contribution in [2.24, 2.45) is 5.92 Å². The highest BCUT2D eigenvalue weighted by molar-refractivity contribution is 5.81. The third kappa shape index (κ3) is 3.69. The Balaban J connectivity index is 4.13. The molecule has 0 spiro atoms. The van der Waals surface area contributed by atoms with Gasteiger partial charge in [-0.1, -0.05) is 13.8 Å². The number of likely N-dealkylation sites (N-methyl/N-ethyl adjacent to an activating group) is 2. The third-order valence-corrected chi connectivity index (χ3v) is 1.69. The highest BCUT2D eigenvalue weighted by Gasteiger charge is 2.21. The van der Waals surface area contributed by atoms with Gasteiger partial charge in [-0.25, -0.2) is 0 Å². The average molecular weight is 174 g/mol. The molecule has 0 aliphatic rings. The molecule has 0 saturated heterocycles. The van der Waals surface area contributed by atoms with Crippen molar-refractivity contribution in [3.05, 3.63) is 0 Å². The first kappa shape index (κ1) is 11.4. The molecule has 4 nitrogen and oxygen atoms in total. The number of carbonyl (C=O) groups excluding carboxylic acids is 1. The van der Waals surface area contributed by atoms with Gasteiger partial charge in [0, 0.05) is 14.1 Å². The van der Waals surface area contributed by atoms with Crippen molar-refractivity contribution >= 4 is 5.91 Å². The number of rotatable bonds is 4. The number of hydrogen-bond acceptors (Lipinski definition) is 3. The topological polar surface area (TPSA) is 52.6 Å². The summed E-state index contributed by atoms with van der Waals surface area (Å²) in [6.45, 7) is 4.03. The molecule has 0 aromatic carbocycles. The van der Waals surface area contributed by atoms with Crippen LogP contribution in [-0.2, 0) is 4.79 Å². The predicted octanol–water partition coefficient (Wildman–Crippen LogP) is 0.468. The monoisotopic (exact) mass is 174 g/mol. The van der Waals surface area contributed by atoms with E-state index in [1.165, 1.54) is 7.05 Å². The Morgan fingerprint density at radius 1 is 1.58 bits per heavy atom. The Kier molecular flexibility index (Phi) is 4.85. The highest BCUT2D eigenvalue weighted by Crippen LogP contribution is 2.08. The quantitative estimate of drug-likeness (QED) is 0.609. The van der Waals surface area contributed by atoms with Gasteiger partial charge < -0.3 is 10.5 Å². The molecule has 4 heteroatoms. The molecule has 0 bridgehead atoms. The smallest absolute Gasteiger partial charge is 0.239 e. The van der Waals surface area contributed by atoms with E-state index in [2.05, 4.69) is 5.32 Å². The normalized spacial score (nSPS) is 13.6. The molecule has 0 aromatic heterocycles. The molecule has 0 unspecified atom stereocenters. The first-order valence-electron chi connectivity index (χ1n) is 4.12. The van der Waals surface area contributed by atoms with Gasteiger partial charge in [0.1, 0.15) is 6.04 Å². The van der Waals surface area contributed by atoms with Crippen molar-refractivity contribution in [2.45, 2.75) is 26.3 Å². The Hall–Kier alpha value is -0.610. The predicted molar refractivity (Wildman–Crippen MR) is 46.9 cm³/mol. The zero-order valence-corrected chi connectivity index (χ0v) is 8.16. The largest absolute Gasteiger partial charge is 0.358 e. The molecule has 1 atom stereocenters. The van der Waals surface area contributed by atoms with Crippen molar-refractivity contribution in [1.82, 2.24) is 10.4 Å². The van der Waals surface area contributed by atoms with Crippen molar-refractivity contribution in [2.75, 3.05) is 14.1 Å². The van der Waals surface area contributed by atoms with E-state index in [1.807, 2.05) is 13.8 Å². The Morgan fingerprint density at radius 3 is 2.33 bits per heavy atom. The number of nitrogens with zero attached hydrogens (tertiary/aromatic N) is 1. The molecule has 12 heavy (non-hydrogen) atoms. The maximum Gasteiger partial charge on any atom is 0.239 e. The van der Waals surface area contributed by atoms with Crippen LogP contribution in [0, 0.1) is 5.92 Å². The van der Waals surface area contributed by atoms with E-state index in [-0.39, 0.29) is 5.91 Å². The second kappa shape index (κ2) is 5.11. The van der Waals surface area contributed by atoms with E-state index < -0.39 is 6.04 Å². The molecule has 0 aromatic rings.